The van der Waals surface area contributed by atoms with Gasteiger partial charge in [0.2, 0.25) is 0 Å². The van der Waals surface area contributed by atoms with Gasteiger partial charge in [-0.25, -0.2) is 0 Å². The molecule has 0 aromatic rings. The molecule has 15 nitrogen and oxygen atoms in total. The molecular formula is C42H82O15. The molecule has 0 bridgehead atoms. The van der Waals surface area contributed by atoms with Crippen LogP contribution in [-0.4, -0.2) is 171 Å². The second-order valence-electron chi connectivity index (χ2n) is 13.2. The molecule has 0 amide bonds. The van der Waals surface area contributed by atoms with Crippen molar-refractivity contribution in [3.63, 3.8) is 0 Å². The van der Waals surface area contributed by atoms with Crippen molar-refractivity contribution in [2.75, 3.05) is 159 Å². The number of hydrogen-bond donors (Lipinski definition) is 0. The third-order valence-corrected chi connectivity index (χ3v) is 8.17. The molecule has 0 aliphatic carbocycles. The van der Waals surface area contributed by atoms with Crippen LogP contribution in [0.25, 0.3) is 0 Å². The third kappa shape index (κ3) is 50.6. The largest absolute Gasteiger partial charge is 0.463 e. The van der Waals surface area contributed by atoms with Gasteiger partial charge in [0.25, 0.3) is 0 Å². The summed E-state index contributed by atoms with van der Waals surface area (Å²) in [6, 6.07) is 0. The van der Waals surface area contributed by atoms with Crippen molar-refractivity contribution >= 4 is 11.9 Å². The summed E-state index contributed by atoms with van der Waals surface area (Å²) in [5.74, 6) is -0.294. The highest BCUT2D eigenvalue weighted by atomic mass is 16.6. The van der Waals surface area contributed by atoms with E-state index in [0.717, 1.165) is 25.7 Å². The summed E-state index contributed by atoms with van der Waals surface area (Å²) < 4.78 is 70.6. The molecule has 0 radical (unpaired) electrons. The molecule has 15 heteroatoms. The lowest BCUT2D eigenvalue weighted by Crippen LogP contribution is -2.16. The van der Waals surface area contributed by atoms with Gasteiger partial charge in [-0.2, -0.15) is 0 Å². The van der Waals surface area contributed by atoms with Crippen LogP contribution in [0.3, 0.4) is 0 Å². The summed E-state index contributed by atoms with van der Waals surface area (Å²) in [5, 5.41) is 0. The Labute approximate surface area is 345 Å². The van der Waals surface area contributed by atoms with E-state index >= 15 is 0 Å². The van der Waals surface area contributed by atoms with E-state index in [1.54, 1.807) is 0 Å². The summed E-state index contributed by atoms with van der Waals surface area (Å²) in [6.45, 7) is 15.3. The second kappa shape index (κ2) is 50.6. The summed E-state index contributed by atoms with van der Waals surface area (Å²) >= 11 is 0. The minimum absolute atomic E-state index is 0.144. The molecule has 0 heterocycles. The van der Waals surface area contributed by atoms with Gasteiger partial charge in [0.15, 0.2) is 0 Å². The van der Waals surface area contributed by atoms with Crippen molar-refractivity contribution in [3.05, 3.63) is 0 Å². The fourth-order valence-corrected chi connectivity index (χ4v) is 4.97. The molecule has 57 heavy (non-hydrogen) atoms. The third-order valence-electron chi connectivity index (χ3n) is 8.17. The summed E-state index contributed by atoms with van der Waals surface area (Å²) in [6.07, 6.45) is 14.8. The first kappa shape index (κ1) is 55.5. The van der Waals surface area contributed by atoms with E-state index in [-0.39, 0.29) is 25.2 Å². The number of hydrogen-bond acceptors (Lipinski definition) is 15. The number of ether oxygens (including phenoxy) is 13. The number of carbonyl (C=O) groups excluding carboxylic acids is 2. The Balaban J connectivity index is 3.13. The Morgan fingerprint density at radius 1 is 0.246 bits per heavy atom. The predicted octanol–water partition coefficient (Wildman–Crippen LogP) is 5.76. The van der Waals surface area contributed by atoms with E-state index in [9.17, 15) is 9.59 Å². The maximum absolute atomic E-state index is 11.7. The minimum Gasteiger partial charge on any atom is -0.463 e. The molecule has 0 aromatic heterocycles. The zero-order valence-corrected chi connectivity index (χ0v) is 36.0. The van der Waals surface area contributed by atoms with Crippen molar-refractivity contribution in [3.8, 4) is 0 Å². The predicted molar refractivity (Wildman–Crippen MR) is 217 cm³/mol. The van der Waals surface area contributed by atoms with Gasteiger partial charge in [-0.15, -0.1) is 0 Å². The van der Waals surface area contributed by atoms with Crippen LogP contribution < -0.4 is 0 Å². The first-order chi connectivity index (χ1) is 28.2. The molecule has 0 atom stereocenters. The van der Waals surface area contributed by atoms with Crippen molar-refractivity contribution in [2.24, 2.45) is 0 Å². The van der Waals surface area contributed by atoms with Crippen LogP contribution >= 0.6 is 0 Å². The summed E-state index contributed by atoms with van der Waals surface area (Å²) in [7, 11) is 0. The Kier molecular flexibility index (Phi) is 49.3. The smallest absolute Gasteiger partial charge is 0.305 e. The van der Waals surface area contributed by atoms with Crippen LogP contribution in [0.4, 0.5) is 0 Å². The maximum atomic E-state index is 11.7. The first-order valence-electron chi connectivity index (χ1n) is 21.9. The lowest BCUT2D eigenvalue weighted by atomic mass is 10.1. The Morgan fingerprint density at radius 3 is 0.632 bits per heavy atom. The molecular weight excluding hydrogens is 744 g/mol. The van der Waals surface area contributed by atoms with Gasteiger partial charge in [-0.1, -0.05) is 78.1 Å². The molecule has 0 spiro atoms. The first-order valence-corrected chi connectivity index (χ1v) is 21.9. The van der Waals surface area contributed by atoms with Gasteiger partial charge in [0.05, 0.1) is 145 Å². The second-order valence-corrected chi connectivity index (χ2v) is 13.2. The summed E-state index contributed by atoms with van der Waals surface area (Å²) in [5.41, 5.74) is 0. The number of rotatable bonds is 50. The Bertz CT molecular complexity index is 793. The Hall–Kier alpha value is -1.50. The normalized spacial score (nSPS) is 11.4. The van der Waals surface area contributed by atoms with E-state index in [1.807, 2.05) is 0 Å². The highest BCUT2D eigenvalue weighted by molar-refractivity contribution is 5.69. The molecule has 0 N–H and O–H groups in total. The zero-order chi connectivity index (χ0) is 41.2. The zero-order valence-electron chi connectivity index (χ0n) is 36.0. The monoisotopic (exact) mass is 827 g/mol. The number of esters is 2. The molecule has 0 fully saturated rings. The average molecular weight is 827 g/mol. The quantitative estimate of drug-likeness (QED) is 0.0539. The van der Waals surface area contributed by atoms with E-state index in [0.29, 0.717) is 158 Å². The van der Waals surface area contributed by atoms with Crippen LogP contribution in [0, 0.1) is 0 Å². The van der Waals surface area contributed by atoms with E-state index < -0.39 is 0 Å². The average Bonchev–Trinajstić information content (AvgIpc) is 3.21. The molecule has 0 rings (SSSR count). The topological polar surface area (TPSA) is 154 Å². The standard InChI is InChI=1S/C42H82O15/c1-3-5-7-9-10-12-14-16-42(44)57-40-38-55-36-34-53-32-30-51-28-26-49-24-22-47-20-18-45-17-19-46-21-23-48-25-27-50-29-31-52-33-35-54-37-39-56-41(43)15-13-11-8-6-4-2/h3-40H2,1-2H3. The van der Waals surface area contributed by atoms with E-state index in [2.05, 4.69) is 13.8 Å². The highest BCUT2D eigenvalue weighted by Crippen LogP contribution is 2.09. The lowest BCUT2D eigenvalue weighted by molar-refractivity contribution is -0.146. The van der Waals surface area contributed by atoms with Gasteiger partial charge in [-0.05, 0) is 12.8 Å². The van der Waals surface area contributed by atoms with E-state index in [1.165, 1.54) is 51.4 Å². The van der Waals surface area contributed by atoms with Crippen molar-refractivity contribution in [2.45, 2.75) is 104 Å². The van der Waals surface area contributed by atoms with Crippen LogP contribution in [0.1, 0.15) is 104 Å². The van der Waals surface area contributed by atoms with Crippen LogP contribution in [0.15, 0.2) is 0 Å². The minimum atomic E-state index is -0.150. The van der Waals surface area contributed by atoms with Crippen molar-refractivity contribution in [1.29, 1.82) is 0 Å². The van der Waals surface area contributed by atoms with Gasteiger partial charge >= 0.3 is 11.9 Å². The molecule has 0 unspecified atom stereocenters. The summed E-state index contributed by atoms with van der Waals surface area (Å²) in [4.78, 5) is 23.4. The van der Waals surface area contributed by atoms with Crippen molar-refractivity contribution in [1.82, 2.24) is 0 Å². The number of unbranched alkanes of at least 4 members (excludes halogenated alkanes) is 10. The van der Waals surface area contributed by atoms with Crippen LogP contribution in [-0.2, 0) is 71.2 Å². The maximum Gasteiger partial charge on any atom is 0.305 e. The van der Waals surface area contributed by atoms with Gasteiger partial charge < -0.3 is 61.6 Å². The number of carbonyl (C=O) groups is 2. The SMILES string of the molecule is CCCCCCCCCC(=O)OCCOCCOCCOCCOCCOCCOCCOCCOCCOCCOCCOCCOC(=O)CCCCCCC. The molecule has 0 aliphatic rings. The molecule has 0 saturated carbocycles. The molecule has 0 saturated heterocycles. The van der Waals surface area contributed by atoms with Gasteiger partial charge in [0, 0.05) is 12.8 Å². The van der Waals surface area contributed by atoms with Crippen LogP contribution in [0.5, 0.6) is 0 Å². The molecule has 0 aromatic carbocycles. The fraction of sp³-hybridized carbons (Fsp3) is 0.952. The van der Waals surface area contributed by atoms with Crippen LogP contribution in [0.2, 0.25) is 0 Å². The van der Waals surface area contributed by atoms with E-state index in [4.69, 9.17) is 61.6 Å². The Morgan fingerprint density at radius 2 is 0.421 bits per heavy atom. The van der Waals surface area contributed by atoms with Crippen molar-refractivity contribution < 1.29 is 71.2 Å². The lowest BCUT2D eigenvalue weighted by Gasteiger charge is -2.09. The molecule has 0 aliphatic heterocycles. The highest BCUT2D eigenvalue weighted by Gasteiger charge is 2.04. The molecule has 340 valence electrons. The fourth-order valence-electron chi connectivity index (χ4n) is 4.97. The van der Waals surface area contributed by atoms with Gasteiger partial charge in [-0.3, -0.25) is 9.59 Å². The van der Waals surface area contributed by atoms with Gasteiger partial charge in [0.1, 0.15) is 13.2 Å².